The van der Waals surface area contributed by atoms with Crippen molar-refractivity contribution in [3.8, 4) is 0 Å². The molecule has 5 heteroatoms. The molecule has 2 aromatic rings. The van der Waals surface area contributed by atoms with Crippen molar-refractivity contribution in [3.05, 3.63) is 24.3 Å². The predicted octanol–water partition coefficient (Wildman–Crippen LogP) is 1.43. The molecule has 1 aliphatic heterocycles. The second-order valence-electron chi connectivity index (χ2n) is 6.71. The summed E-state index contributed by atoms with van der Waals surface area (Å²) >= 11 is 0. The van der Waals surface area contributed by atoms with Crippen LogP contribution in [0.4, 0.5) is 5.95 Å². The molecule has 1 aromatic heterocycles. The van der Waals surface area contributed by atoms with E-state index >= 15 is 0 Å². The van der Waals surface area contributed by atoms with Crippen molar-refractivity contribution in [1.29, 1.82) is 0 Å². The SMILES string of the molecule is Cn1c(N2CCN(CC(C)(C)N)CC2)nc2ccccc21. The molecule has 0 saturated carbocycles. The lowest BCUT2D eigenvalue weighted by Gasteiger charge is -2.38. The van der Waals surface area contributed by atoms with Gasteiger partial charge < -0.3 is 15.2 Å². The van der Waals surface area contributed by atoms with Crippen LogP contribution >= 0.6 is 0 Å². The summed E-state index contributed by atoms with van der Waals surface area (Å²) in [5.74, 6) is 1.07. The molecule has 21 heavy (non-hydrogen) atoms. The summed E-state index contributed by atoms with van der Waals surface area (Å²) in [5, 5.41) is 0. The highest BCUT2D eigenvalue weighted by Crippen LogP contribution is 2.22. The van der Waals surface area contributed by atoms with Crippen LogP contribution in [0.5, 0.6) is 0 Å². The number of aryl methyl sites for hydroxylation is 1. The summed E-state index contributed by atoms with van der Waals surface area (Å²) in [6.45, 7) is 9.23. The van der Waals surface area contributed by atoms with E-state index in [1.54, 1.807) is 0 Å². The van der Waals surface area contributed by atoms with Crippen molar-refractivity contribution < 1.29 is 0 Å². The van der Waals surface area contributed by atoms with E-state index in [1.807, 2.05) is 6.07 Å². The van der Waals surface area contributed by atoms with E-state index in [0.29, 0.717) is 0 Å². The Bertz CT molecular complexity index is 617. The molecule has 0 spiro atoms. The molecule has 1 aliphatic rings. The average molecular weight is 287 g/mol. The number of benzene rings is 1. The van der Waals surface area contributed by atoms with E-state index in [-0.39, 0.29) is 5.54 Å². The Hall–Kier alpha value is -1.59. The summed E-state index contributed by atoms with van der Waals surface area (Å²) in [6.07, 6.45) is 0. The molecule has 114 valence electrons. The molecular weight excluding hydrogens is 262 g/mol. The molecule has 0 aliphatic carbocycles. The zero-order chi connectivity index (χ0) is 15.0. The maximum Gasteiger partial charge on any atom is 0.206 e. The smallest absolute Gasteiger partial charge is 0.206 e. The highest BCUT2D eigenvalue weighted by Gasteiger charge is 2.24. The average Bonchev–Trinajstić information content (AvgIpc) is 2.76. The molecule has 2 heterocycles. The van der Waals surface area contributed by atoms with E-state index in [2.05, 4.69) is 53.5 Å². The van der Waals surface area contributed by atoms with E-state index in [0.717, 1.165) is 44.2 Å². The zero-order valence-corrected chi connectivity index (χ0v) is 13.2. The Morgan fingerprint density at radius 2 is 1.81 bits per heavy atom. The van der Waals surface area contributed by atoms with Gasteiger partial charge in [-0.15, -0.1) is 0 Å². The van der Waals surface area contributed by atoms with Gasteiger partial charge in [0.25, 0.3) is 0 Å². The molecule has 2 N–H and O–H groups in total. The summed E-state index contributed by atoms with van der Waals surface area (Å²) in [4.78, 5) is 9.60. The fourth-order valence-electron chi connectivity index (χ4n) is 3.10. The van der Waals surface area contributed by atoms with Gasteiger partial charge in [-0.3, -0.25) is 4.90 Å². The normalized spacial score (nSPS) is 17.6. The monoisotopic (exact) mass is 287 g/mol. The number of para-hydroxylation sites is 2. The number of rotatable bonds is 3. The van der Waals surface area contributed by atoms with Crippen LogP contribution in [0, 0.1) is 0 Å². The molecular formula is C16H25N5. The van der Waals surface area contributed by atoms with Crippen LogP contribution in [-0.2, 0) is 7.05 Å². The predicted molar refractivity (Wildman–Crippen MR) is 87.6 cm³/mol. The van der Waals surface area contributed by atoms with Gasteiger partial charge in [-0.2, -0.15) is 0 Å². The Balaban J connectivity index is 1.72. The van der Waals surface area contributed by atoms with Crippen molar-refractivity contribution >= 4 is 17.0 Å². The van der Waals surface area contributed by atoms with Gasteiger partial charge in [0.15, 0.2) is 0 Å². The van der Waals surface area contributed by atoms with Crippen LogP contribution in [0.2, 0.25) is 0 Å². The fraction of sp³-hybridized carbons (Fsp3) is 0.562. The number of nitrogens with zero attached hydrogens (tertiary/aromatic N) is 4. The highest BCUT2D eigenvalue weighted by atomic mass is 15.4. The van der Waals surface area contributed by atoms with Gasteiger partial charge in [-0.25, -0.2) is 4.98 Å². The summed E-state index contributed by atoms with van der Waals surface area (Å²) in [7, 11) is 2.10. The van der Waals surface area contributed by atoms with Crippen LogP contribution < -0.4 is 10.6 Å². The Morgan fingerprint density at radius 1 is 1.14 bits per heavy atom. The van der Waals surface area contributed by atoms with Crippen LogP contribution in [0.15, 0.2) is 24.3 Å². The minimum absolute atomic E-state index is 0.125. The van der Waals surface area contributed by atoms with E-state index in [1.165, 1.54) is 5.52 Å². The van der Waals surface area contributed by atoms with Gasteiger partial charge in [-0.05, 0) is 26.0 Å². The Morgan fingerprint density at radius 3 is 2.43 bits per heavy atom. The Labute approximate surface area is 126 Å². The quantitative estimate of drug-likeness (QED) is 0.928. The molecule has 1 aromatic carbocycles. The van der Waals surface area contributed by atoms with Crippen LogP contribution in [0.25, 0.3) is 11.0 Å². The maximum atomic E-state index is 6.12. The third kappa shape index (κ3) is 3.04. The number of fused-ring (bicyclic) bond motifs is 1. The molecule has 0 amide bonds. The largest absolute Gasteiger partial charge is 0.340 e. The van der Waals surface area contributed by atoms with Crippen molar-refractivity contribution in [2.24, 2.45) is 12.8 Å². The number of anilines is 1. The summed E-state index contributed by atoms with van der Waals surface area (Å²) in [5.41, 5.74) is 8.25. The first-order chi connectivity index (χ1) is 9.94. The van der Waals surface area contributed by atoms with Gasteiger partial charge >= 0.3 is 0 Å². The third-order valence-corrected chi connectivity index (χ3v) is 4.05. The number of imidazole rings is 1. The van der Waals surface area contributed by atoms with Gasteiger partial charge in [-0.1, -0.05) is 12.1 Å². The number of nitrogens with two attached hydrogens (primary N) is 1. The third-order valence-electron chi connectivity index (χ3n) is 4.05. The molecule has 0 atom stereocenters. The number of aromatic nitrogens is 2. The van der Waals surface area contributed by atoms with Gasteiger partial charge in [0.2, 0.25) is 5.95 Å². The second-order valence-corrected chi connectivity index (χ2v) is 6.71. The Kier molecular flexibility index (Phi) is 3.63. The van der Waals surface area contributed by atoms with Crippen molar-refractivity contribution in [1.82, 2.24) is 14.5 Å². The van der Waals surface area contributed by atoms with E-state index < -0.39 is 0 Å². The van der Waals surface area contributed by atoms with E-state index in [4.69, 9.17) is 10.7 Å². The minimum atomic E-state index is -0.125. The number of piperazine rings is 1. The molecule has 5 nitrogen and oxygen atoms in total. The number of hydrogen-bond donors (Lipinski definition) is 1. The number of hydrogen-bond acceptors (Lipinski definition) is 4. The minimum Gasteiger partial charge on any atom is -0.340 e. The summed E-state index contributed by atoms with van der Waals surface area (Å²) < 4.78 is 2.19. The van der Waals surface area contributed by atoms with Crippen LogP contribution in [-0.4, -0.2) is 52.7 Å². The molecule has 1 saturated heterocycles. The molecule has 0 radical (unpaired) electrons. The summed E-state index contributed by atoms with van der Waals surface area (Å²) in [6, 6.07) is 8.31. The standard InChI is InChI=1S/C16H25N5/c1-16(2,17)12-20-8-10-21(11-9-20)15-18-13-6-4-5-7-14(13)19(15)3/h4-7H,8-12,17H2,1-3H3. The molecule has 0 bridgehead atoms. The molecule has 0 unspecified atom stereocenters. The fourth-order valence-corrected chi connectivity index (χ4v) is 3.10. The second kappa shape index (κ2) is 5.31. The highest BCUT2D eigenvalue weighted by molar-refractivity contribution is 5.78. The lowest BCUT2D eigenvalue weighted by Crippen LogP contribution is -2.53. The van der Waals surface area contributed by atoms with Gasteiger partial charge in [0, 0.05) is 45.3 Å². The lowest BCUT2D eigenvalue weighted by atomic mass is 10.1. The van der Waals surface area contributed by atoms with Gasteiger partial charge in [0.05, 0.1) is 11.0 Å². The molecule has 1 fully saturated rings. The lowest BCUT2D eigenvalue weighted by molar-refractivity contribution is 0.213. The van der Waals surface area contributed by atoms with Crippen LogP contribution in [0.3, 0.4) is 0 Å². The topological polar surface area (TPSA) is 50.3 Å². The van der Waals surface area contributed by atoms with Crippen molar-refractivity contribution in [3.63, 3.8) is 0 Å². The first-order valence-electron chi connectivity index (χ1n) is 7.62. The van der Waals surface area contributed by atoms with Crippen molar-refractivity contribution in [2.45, 2.75) is 19.4 Å². The van der Waals surface area contributed by atoms with Gasteiger partial charge in [0.1, 0.15) is 0 Å². The van der Waals surface area contributed by atoms with E-state index in [9.17, 15) is 0 Å². The van der Waals surface area contributed by atoms with Crippen molar-refractivity contribution in [2.75, 3.05) is 37.6 Å². The first-order valence-corrected chi connectivity index (χ1v) is 7.62. The van der Waals surface area contributed by atoms with Crippen LogP contribution in [0.1, 0.15) is 13.8 Å². The first kappa shape index (κ1) is 14.4. The molecule has 3 rings (SSSR count). The maximum absolute atomic E-state index is 6.12. The zero-order valence-electron chi connectivity index (χ0n) is 13.2.